The van der Waals surface area contributed by atoms with Gasteiger partial charge in [0.2, 0.25) is 0 Å². The number of nitrogen functional groups attached to an aromatic ring is 1. The van der Waals surface area contributed by atoms with Crippen molar-refractivity contribution in [2.45, 2.75) is 26.3 Å². The lowest BCUT2D eigenvalue weighted by atomic mass is 10.1. The summed E-state index contributed by atoms with van der Waals surface area (Å²) in [6, 6.07) is 1.66. The van der Waals surface area contributed by atoms with Crippen molar-refractivity contribution in [3.63, 3.8) is 0 Å². The Bertz CT molecular complexity index is 352. The third-order valence-corrected chi connectivity index (χ3v) is 3.09. The second-order valence-electron chi connectivity index (χ2n) is 4.12. The maximum Gasteiger partial charge on any atom is 0.261 e. The first-order valence-corrected chi connectivity index (χ1v) is 5.46. The number of thiophene rings is 1. The number of amides is 1. The molecular formula is C10H16N2O2S. The predicted octanol–water partition coefficient (Wildman–Crippen LogP) is 1.14. The molecule has 0 aromatic carbocycles. The molecule has 4 nitrogen and oxygen atoms in total. The van der Waals surface area contributed by atoms with E-state index in [9.17, 15) is 4.79 Å². The van der Waals surface area contributed by atoms with E-state index in [2.05, 4.69) is 5.32 Å². The summed E-state index contributed by atoms with van der Waals surface area (Å²) >= 11 is 1.35. The fraction of sp³-hybridized carbons (Fsp3) is 0.500. The summed E-state index contributed by atoms with van der Waals surface area (Å²) in [5, 5.41) is 11.7. The summed E-state index contributed by atoms with van der Waals surface area (Å²) in [7, 11) is 0. The normalized spacial score (nSPS) is 11.5. The van der Waals surface area contributed by atoms with Crippen LogP contribution in [0.15, 0.2) is 6.07 Å². The highest BCUT2D eigenvalue weighted by Gasteiger charge is 2.21. The van der Waals surface area contributed by atoms with Crippen LogP contribution >= 0.6 is 11.3 Å². The molecule has 0 saturated heterocycles. The molecule has 1 heterocycles. The minimum absolute atomic E-state index is 0.0986. The Kier molecular flexibility index (Phi) is 3.36. The lowest BCUT2D eigenvalue weighted by Crippen LogP contribution is -2.46. The fourth-order valence-corrected chi connectivity index (χ4v) is 1.85. The molecule has 0 bridgehead atoms. The summed E-state index contributed by atoms with van der Waals surface area (Å²) in [6.07, 6.45) is 0. The summed E-state index contributed by atoms with van der Waals surface area (Å²) in [5.74, 6) is -0.196. The topological polar surface area (TPSA) is 75.3 Å². The van der Waals surface area contributed by atoms with Crippen molar-refractivity contribution < 1.29 is 9.90 Å². The molecule has 4 N–H and O–H groups in total. The van der Waals surface area contributed by atoms with Crippen molar-refractivity contribution in [2.24, 2.45) is 0 Å². The molecule has 0 aliphatic heterocycles. The highest BCUT2D eigenvalue weighted by molar-refractivity contribution is 7.14. The third-order valence-electron chi connectivity index (χ3n) is 2.03. The van der Waals surface area contributed by atoms with E-state index in [4.69, 9.17) is 10.8 Å². The zero-order valence-electron chi connectivity index (χ0n) is 9.13. The van der Waals surface area contributed by atoms with Gasteiger partial charge in [0.05, 0.1) is 17.0 Å². The molecule has 0 radical (unpaired) electrons. The van der Waals surface area contributed by atoms with Crippen LogP contribution in [0, 0.1) is 6.92 Å². The molecule has 84 valence electrons. The van der Waals surface area contributed by atoms with Gasteiger partial charge in [0.25, 0.3) is 5.91 Å². The minimum atomic E-state index is -0.607. The summed E-state index contributed by atoms with van der Waals surface area (Å²) < 4.78 is 0. The largest absolute Gasteiger partial charge is 0.398 e. The van der Waals surface area contributed by atoms with Gasteiger partial charge in [0.15, 0.2) is 0 Å². The van der Waals surface area contributed by atoms with Crippen LogP contribution < -0.4 is 11.1 Å². The van der Waals surface area contributed by atoms with Gasteiger partial charge in [-0.25, -0.2) is 0 Å². The number of hydrogen-bond donors (Lipinski definition) is 3. The number of rotatable bonds is 3. The molecule has 1 aromatic rings. The lowest BCUT2D eigenvalue weighted by molar-refractivity contribution is 0.0873. The quantitative estimate of drug-likeness (QED) is 0.726. The number of aliphatic hydroxyl groups excluding tert-OH is 1. The number of aliphatic hydroxyl groups is 1. The molecule has 0 unspecified atom stereocenters. The Labute approximate surface area is 93.1 Å². The van der Waals surface area contributed by atoms with Gasteiger partial charge in [-0.2, -0.15) is 0 Å². The monoisotopic (exact) mass is 228 g/mol. The summed E-state index contributed by atoms with van der Waals surface area (Å²) in [6.45, 7) is 5.29. The van der Waals surface area contributed by atoms with Crippen molar-refractivity contribution in [3.05, 3.63) is 15.8 Å². The van der Waals surface area contributed by atoms with Crippen LogP contribution in [0.25, 0.3) is 0 Å². The summed E-state index contributed by atoms with van der Waals surface area (Å²) in [4.78, 5) is 13.2. The van der Waals surface area contributed by atoms with Crippen LogP contribution in [0.3, 0.4) is 0 Å². The number of carbonyl (C=O) groups is 1. The molecule has 15 heavy (non-hydrogen) atoms. The minimum Gasteiger partial charge on any atom is -0.398 e. The van der Waals surface area contributed by atoms with Gasteiger partial charge in [-0.15, -0.1) is 11.3 Å². The van der Waals surface area contributed by atoms with Crippen LogP contribution in [-0.2, 0) is 0 Å². The highest BCUT2D eigenvalue weighted by atomic mass is 32.1. The maximum absolute atomic E-state index is 11.7. The van der Waals surface area contributed by atoms with E-state index in [1.54, 1.807) is 19.9 Å². The number of aryl methyl sites for hydroxylation is 1. The Balaban J connectivity index is 2.78. The van der Waals surface area contributed by atoms with E-state index in [1.165, 1.54) is 11.3 Å². The molecule has 1 rings (SSSR count). The lowest BCUT2D eigenvalue weighted by Gasteiger charge is -2.22. The van der Waals surface area contributed by atoms with Crippen molar-refractivity contribution in [3.8, 4) is 0 Å². The van der Waals surface area contributed by atoms with E-state index in [1.807, 2.05) is 6.92 Å². The molecule has 0 spiro atoms. The molecule has 0 fully saturated rings. The molecule has 1 aromatic heterocycles. The van der Waals surface area contributed by atoms with Crippen LogP contribution in [0.5, 0.6) is 0 Å². The number of nitrogens with one attached hydrogen (secondary N) is 1. The van der Waals surface area contributed by atoms with Gasteiger partial charge in [-0.3, -0.25) is 4.79 Å². The number of carbonyl (C=O) groups excluding carboxylic acids is 1. The maximum atomic E-state index is 11.7. The second-order valence-corrected chi connectivity index (χ2v) is 5.37. The van der Waals surface area contributed by atoms with E-state index < -0.39 is 5.54 Å². The average Bonchev–Trinajstić information content (AvgIpc) is 2.47. The first-order valence-electron chi connectivity index (χ1n) is 4.65. The SMILES string of the molecule is Cc1sc(C(=O)NC(C)(C)CO)cc1N. The first-order chi connectivity index (χ1) is 6.85. The van der Waals surface area contributed by atoms with Gasteiger partial charge in [0, 0.05) is 10.6 Å². The summed E-state index contributed by atoms with van der Waals surface area (Å²) in [5.41, 5.74) is 5.68. The van der Waals surface area contributed by atoms with Gasteiger partial charge in [0.1, 0.15) is 0 Å². The Hall–Kier alpha value is -1.07. The van der Waals surface area contributed by atoms with Crippen molar-refractivity contribution in [2.75, 3.05) is 12.3 Å². The van der Waals surface area contributed by atoms with Crippen molar-refractivity contribution >= 4 is 22.9 Å². The third kappa shape index (κ3) is 2.94. The van der Waals surface area contributed by atoms with E-state index in [-0.39, 0.29) is 12.5 Å². The number of nitrogens with two attached hydrogens (primary N) is 1. The van der Waals surface area contributed by atoms with Gasteiger partial charge in [-0.1, -0.05) is 0 Å². The predicted molar refractivity (Wildman–Crippen MR) is 62.1 cm³/mol. The smallest absolute Gasteiger partial charge is 0.261 e. The van der Waals surface area contributed by atoms with Crippen LogP contribution in [0.2, 0.25) is 0 Å². The molecular weight excluding hydrogens is 212 g/mol. The first kappa shape index (κ1) is 12.0. The molecule has 0 saturated carbocycles. The van der Waals surface area contributed by atoms with Crippen molar-refractivity contribution in [1.29, 1.82) is 0 Å². The molecule has 5 heteroatoms. The van der Waals surface area contributed by atoms with Crippen LogP contribution in [-0.4, -0.2) is 23.2 Å². The van der Waals surface area contributed by atoms with Crippen LogP contribution in [0.1, 0.15) is 28.4 Å². The van der Waals surface area contributed by atoms with Crippen LogP contribution in [0.4, 0.5) is 5.69 Å². The van der Waals surface area contributed by atoms with E-state index >= 15 is 0 Å². The molecule has 0 aliphatic carbocycles. The zero-order valence-corrected chi connectivity index (χ0v) is 9.94. The highest BCUT2D eigenvalue weighted by Crippen LogP contribution is 2.23. The van der Waals surface area contributed by atoms with Gasteiger partial charge >= 0.3 is 0 Å². The van der Waals surface area contributed by atoms with Gasteiger partial charge < -0.3 is 16.2 Å². The van der Waals surface area contributed by atoms with E-state index in [0.717, 1.165) is 4.88 Å². The average molecular weight is 228 g/mol. The molecule has 1 amide bonds. The standard InChI is InChI=1S/C10H16N2O2S/c1-6-7(11)4-8(15-6)9(14)12-10(2,3)5-13/h4,13H,5,11H2,1-3H3,(H,12,14). The fourth-order valence-electron chi connectivity index (χ4n) is 1.02. The number of hydrogen-bond acceptors (Lipinski definition) is 4. The Morgan fingerprint density at radius 2 is 2.27 bits per heavy atom. The Morgan fingerprint density at radius 1 is 1.67 bits per heavy atom. The zero-order chi connectivity index (χ0) is 11.6. The molecule has 0 aliphatic rings. The second kappa shape index (κ2) is 4.20. The Morgan fingerprint density at radius 3 is 2.67 bits per heavy atom. The van der Waals surface area contributed by atoms with Crippen molar-refractivity contribution in [1.82, 2.24) is 5.32 Å². The van der Waals surface area contributed by atoms with E-state index in [0.29, 0.717) is 10.6 Å². The molecule has 0 atom stereocenters. The number of anilines is 1. The van der Waals surface area contributed by atoms with Gasteiger partial charge in [-0.05, 0) is 26.8 Å².